The minimum atomic E-state index is -2.48. The lowest BCUT2D eigenvalue weighted by atomic mass is 10.1. The lowest BCUT2D eigenvalue weighted by Crippen LogP contribution is -2.36. The Morgan fingerprint density at radius 2 is 2.17 bits per heavy atom. The van der Waals surface area contributed by atoms with E-state index in [0.717, 1.165) is 31.6 Å². The monoisotopic (exact) mass is 476 g/mol. The van der Waals surface area contributed by atoms with Gasteiger partial charge in [0.05, 0.1) is 25.1 Å². The molecule has 4 aromatic rings. The van der Waals surface area contributed by atoms with Crippen LogP contribution in [-0.2, 0) is 9.53 Å². The van der Waals surface area contributed by atoms with Gasteiger partial charge in [-0.3, -0.25) is 4.79 Å². The Morgan fingerprint density at radius 3 is 2.97 bits per heavy atom. The van der Waals surface area contributed by atoms with Crippen molar-refractivity contribution in [3.8, 4) is 11.4 Å². The van der Waals surface area contributed by atoms with E-state index in [0.29, 0.717) is 41.6 Å². The summed E-state index contributed by atoms with van der Waals surface area (Å²) in [4.78, 5) is 23.9. The van der Waals surface area contributed by atoms with Gasteiger partial charge in [-0.2, -0.15) is 0 Å². The molecule has 1 amide bonds. The molecular weight excluding hydrogens is 446 g/mol. The van der Waals surface area contributed by atoms with Gasteiger partial charge in [-0.05, 0) is 30.5 Å². The Hall–Kier alpha value is -3.86. The van der Waals surface area contributed by atoms with Crippen molar-refractivity contribution in [1.82, 2.24) is 29.8 Å². The first-order valence-corrected chi connectivity index (χ1v) is 11.7. The van der Waals surface area contributed by atoms with Crippen molar-refractivity contribution in [2.45, 2.75) is 19.8 Å². The van der Waals surface area contributed by atoms with Gasteiger partial charge in [0.15, 0.2) is 23.1 Å². The van der Waals surface area contributed by atoms with Gasteiger partial charge in [0.25, 0.3) is 0 Å². The van der Waals surface area contributed by atoms with E-state index in [9.17, 15) is 4.79 Å². The molecule has 1 aliphatic heterocycles. The summed E-state index contributed by atoms with van der Waals surface area (Å²) in [6.07, 6.45) is 5.24. The number of morpholine rings is 1. The molecule has 1 saturated carbocycles. The predicted octanol–water partition coefficient (Wildman–Crippen LogP) is 2.60. The fraction of sp³-hybridized carbons (Fsp3) is 0.417. The Kier molecular flexibility index (Phi) is 4.61. The second-order valence-electron chi connectivity index (χ2n) is 8.86. The number of aromatic nitrogens is 6. The number of amides is 1. The van der Waals surface area contributed by atoms with Crippen molar-refractivity contribution in [3.05, 3.63) is 30.6 Å². The van der Waals surface area contributed by atoms with Gasteiger partial charge < -0.3 is 20.3 Å². The van der Waals surface area contributed by atoms with Crippen LogP contribution in [0.1, 0.15) is 23.9 Å². The Labute approximate surface area is 206 Å². The minimum Gasteiger partial charge on any atom is -0.378 e. The number of pyridine rings is 2. The third kappa shape index (κ3) is 4.01. The number of ether oxygens (including phenoxy) is 1. The summed E-state index contributed by atoms with van der Waals surface area (Å²) in [5, 5.41) is 18.8. The fourth-order valence-corrected chi connectivity index (χ4v) is 4.60. The first-order valence-electron chi connectivity index (χ1n) is 13.2. The van der Waals surface area contributed by atoms with Gasteiger partial charge in [0.2, 0.25) is 5.91 Å². The van der Waals surface area contributed by atoms with E-state index in [4.69, 9.17) is 8.85 Å². The highest BCUT2D eigenvalue weighted by atomic mass is 16.5. The fourth-order valence-electron chi connectivity index (χ4n) is 4.60. The second-order valence-corrected chi connectivity index (χ2v) is 8.86. The predicted molar refractivity (Wildman–Crippen MR) is 132 cm³/mol. The molecule has 4 aromatic heterocycles. The van der Waals surface area contributed by atoms with Gasteiger partial charge in [-0.15, -0.1) is 15.3 Å². The minimum absolute atomic E-state index is 0.0250. The smallest absolute Gasteiger partial charge is 0.228 e. The third-order valence-electron chi connectivity index (χ3n) is 6.72. The quantitative estimate of drug-likeness (QED) is 0.432. The number of nitrogens with zero attached hydrogens (tertiary/aromatic N) is 7. The van der Waals surface area contributed by atoms with E-state index in [1.807, 2.05) is 18.3 Å². The number of hydrogen-bond donors (Lipinski definition) is 2. The summed E-state index contributed by atoms with van der Waals surface area (Å²) < 4.78 is 30.0. The number of nitrogens with one attached hydrogen (secondary N) is 2. The van der Waals surface area contributed by atoms with E-state index in [1.165, 1.54) is 6.20 Å². The largest absolute Gasteiger partial charge is 0.378 e. The molecule has 1 saturated heterocycles. The highest BCUT2D eigenvalue weighted by molar-refractivity contribution is 6.01. The summed E-state index contributed by atoms with van der Waals surface area (Å²) >= 11 is 0. The molecule has 2 aliphatic rings. The summed E-state index contributed by atoms with van der Waals surface area (Å²) in [7, 11) is 0. The van der Waals surface area contributed by atoms with Crippen molar-refractivity contribution in [2.24, 2.45) is 11.8 Å². The molecule has 1 aliphatic carbocycles. The van der Waals surface area contributed by atoms with Gasteiger partial charge in [0, 0.05) is 47.2 Å². The van der Waals surface area contributed by atoms with E-state index in [-0.39, 0.29) is 29.0 Å². The van der Waals surface area contributed by atoms with Crippen molar-refractivity contribution < 1.29 is 13.6 Å². The first-order chi connectivity index (χ1) is 18.3. The molecule has 11 heteroatoms. The second kappa shape index (κ2) is 8.73. The molecule has 0 bridgehead atoms. The molecule has 11 nitrogen and oxygen atoms in total. The number of hydrogen-bond acceptors (Lipinski definition) is 9. The third-order valence-corrected chi connectivity index (χ3v) is 6.72. The van der Waals surface area contributed by atoms with Gasteiger partial charge in [-0.1, -0.05) is 13.3 Å². The molecule has 0 aromatic carbocycles. The van der Waals surface area contributed by atoms with Crippen LogP contribution in [0, 0.1) is 11.8 Å². The SMILES string of the molecule is [2H]C([2H])([2H])Nc1ncc(-c2nc3ccc(N4CCOCC4)cn3n2)c2cc(NC(=O)[C@@H]3C[C@H]3CC)nnc12. The average molecular weight is 477 g/mol. The van der Waals surface area contributed by atoms with Crippen LogP contribution in [0.5, 0.6) is 0 Å². The molecule has 2 fully saturated rings. The van der Waals surface area contributed by atoms with Crippen LogP contribution in [0.4, 0.5) is 17.3 Å². The number of carbonyl (C=O) groups excluding carboxylic acids is 1. The maximum absolute atomic E-state index is 12.7. The van der Waals surface area contributed by atoms with Gasteiger partial charge in [-0.25, -0.2) is 14.5 Å². The average Bonchev–Trinajstić information content (AvgIpc) is 3.58. The normalized spacial score (nSPS) is 21.4. The molecule has 5 heterocycles. The lowest BCUT2D eigenvalue weighted by molar-refractivity contribution is -0.117. The molecule has 6 rings (SSSR count). The van der Waals surface area contributed by atoms with E-state index >= 15 is 0 Å². The first kappa shape index (κ1) is 18.5. The highest BCUT2D eigenvalue weighted by Gasteiger charge is 2.41. The Bertz CT molecular complexity index is 1520. The van der Waals surface area contributed by atoms with Crippen LogP contribution >= 0.6 is 0 Å². The standard InChI is InChI=1S/C24H27N9O2/c1-3-14-10-16(14)24(34)27-19-11-17-18(12-26-23(25-2)21(17)30-29-19)22-28-20-5-4-15(13-33(20)31-22)32-6-8-35-9-7-32/h4-5,11-14,16H,3,6-10H2,1-2H3,(H,25,26)(H,27,29,34)/t14-,16-/m1/s1/i2D3. The molecule has 0 unspecified atom stereocenters. The molecule has 0 radical (unpaired) electrons. The van der Waals surface area contributed by atoms with Crippen LogP contribution in [0.2, 0.25) is 0 Å². The zero-order valence-electron chi connectivity index (χ0n) is 22.2. The van der Waals surface area contributed by atoms with Crippen LogP contribution in [0.3, 0.4) is 0 Å². The summed E-state index contributed by atoms with van der Waals surface area (Å²) in [6, 6.07) is 5.56. The van der Waals surface area contributed by atoms with E-state index in [1.54, 1.807) is 10.6 Å². The number of anilines is 3. The molecule has 2 atom stereocenters. The molecule has 2 N–H and O–H groups in total. The topological polar surface area (TPSA) is 122 Å². The van der Waals surface area contributed by atoms with Crippen LogP contribution in [0.25, 0.3) is 27.9 Å². The molecule has 35 heavy (non-hydrogen) atoms. The van der Waals surface area contributed by atoms with Crippen LogP contribution in [0.15, 0.2) is 30.6 Å². The summed E-state index contributed by atoms with van der Waals surface area (Å²) in [5.74, 6) is 0.991. The molecule has 180 valence electrons. The maximum Gasteiger partial charge on any atom is 0.228 e. The van der Waals surface area contributed by atoms with E-state index < -0.39 is 6.98 Å². The van der Waals surface area contributed by atoms with E-state index in [2.05, 4.69) is 47.7 Å². The maximum atomic E-state index is 12.7. The lowest BCUT2D eigenvalue weighted by Gasteiger charge is -2.28. The van der Waals surface area contributed by atoms with Gasteiger partial charge >= 0.3 is 0 Å². The number of rotatable bonds is 6. The Balaban J connectivity index is 1.40. The number of fused-ring (bicyclic) bond motifs is 2. The molecular formula is C24H27N9O2. The number of carbonyl (C=O) groups is 1. The zero-order valence-corrected chi connectivity index (χ0v) is 19.2. The van der Waals surface area contributed by atoms with Crippen LogP contribution < -0.4 is 15.5 Å². The van der Waals surface area contributed by atoms with Crippen LogP contribution in [-0.4, -0.2) is 69.0 Å². The summed E-state index contributed by atoms with van der Waals surface area (Å²) in [5.41, 5.74) is 2.43. The van der Waals surface area contributed by atoms with Gasteiger partial charge in [0.1, 0.15) is 5.52 Å². The zero-order chi connectivity index (χ0) is 26.4. The van der Waals surface area contributed by atoms with Crippen molar-refractivity contribution >= 4 is 39.8 Å². The van der Waals surface area contributed by atoms with Crippen molar-refractivity contribution in [1.29, 1.82) is 0 Å². The van der Waals surface area contributed by atoms with Crippen molar-refractivity contribution in [2.75, 3.05) is 48.8 Å². The molecule has 0 spiro atoms. The van der Waals surface area contributed by atoms with Crippen molar-refractivity contribution in [3.63, 3.8) is 0 Å². The highest BCUT2D eigenvalue weighted by Crippen LogP contribution is 2.41. The summed E-state index contributed by atoms with van der Waals surface area (Å²) in [6.45, 7) is 2.54. The Morgan fingerprint density at radius 1 is 1.29 bits per heavy atom.